The Balaban J connectivity index is 1.37. The summed E-state index contributed by atoms with van der Waals surface area (Å²) in [6.45, 7) is 0.515. The monoisotopic (exact) mass is 355 g/mol. The molecule has 1 saturated carbocycles. The van der Waals surface area contributed by atoms with E-state index >= 15 is 0 Å². The molecule has 1 fully saturated rings. The van der Waals surface area contributed by atoms with Crippen LogP contribution in [0, 0.1) is 5.82 Å². The third-order valence-corrected chi connectivity index (χ3v) is 4.98. The van der Waals surface area contributed by atoms with Crippen LogP contribution in [0.2, 0.25) is 0 Å². The number of ether oxygens (including phenoxy) is 1. The second-order valence-corrected chi connectivity index (χ2v) is 6.92. The molecule has 0 aliphatic heterocycles. The van der Waals surface area contributed by atoms with Crippen molar-refractivity contribution >= 4 is 5.91 Å². The van der Waals surface area contributed by atoms with Crippen molar-refractivity contribution in [3.8, 4) is 5.75 Å². The summed E-state index contributed by atoms with van der Waals surface area (Å²) in [4.78, 5) is 11.9. The second-order valence-electron chi connectivity index (χ2n) is 6.92. The van der Waals surface area contributed by atoms with E-state index in [9.17, 15) is 9.18 Å². The number of hydrogen-bond donors (Lipinski definition) is 1. The van der Waals surface area contributed by atoms with Crippen LogP contribution in [-0.2, 0) is 11.2 Å². The zero-order chi connectivity index (χ0) is 18.2. The van der Waals surface area contributed by atoms with E-state index in [0.717, 1.165) is 11.3 Å². The molecule has 2 aromatic carbocycles. The van der Waals surface area contributed by atoms with Gasteiger partial charge in [-0.25, -0.2) is 4.39 Å². The van der Waals surface area contributed by atoms with E-state index in [-0.39, 0.29) is 18.3 Å². The zero-order valence-electron chi connectivity index (χ0n) is 15.0. The Labute approximate surface area is 154 Å². The van der Waals surface area contributed by atoms with Gasteiger partial charge in [-0.1, -0.05) is 43.5 Å². The summed E-state index contributed by atoms with van der Waals surface area (Å²) >= 11 is 0. The van der Waals surface area contributed by atoms with Gasteiger partial charge >= 0.3 is 0 Å². The molecule has 26 heavy (non-hydrogen) atoms. The average molecular weight is 355 g/mol. The summed E-state index contributed by atoms with van der Waals surface area (Å²) in [5.41, 5.74) is 2.37. The molecule has 4 heteroatoms. The van der Waals surface area contributed by atoms with Crippen LogP contribution in [0.4, 0.5) is 4.39 Å². The first-order valence-corrected chi connectivity index (χ1v) is 9.44. The van der Waals surface area contributed by atoms with Crippen LogP contribution in [0.5, 0.6) is 5.75 Å². The molecule has 0 unspecified atom stereocenters. The van der Waals surface area contributed by atoms with Gasteiger partial charge in [0.25, 0.3) is 5.91 Å². The maximum Gasteiger partial charge on any atom is 0.257 e. The first-order valence-electron chi connectivity index (χ1n) is 9.44. The van der Waals surface area contributed by atoms with E-state index in [0.29, 0.717) is 18.9 Å². The second kappa shape index (κ2) is 9.37. The number of hydrogen-bond acceptors (Lipinski definition) is 2. The largest absolute Gasteiger partial charge is 0.484 e. The highest BCUT2D eigenvalue weighted by Crippen LogP contribution is 2.33. The number of nitrogens with one attached hydrogen (secondary N) is 1. The van der Waals surface area contributed by atoms with E-state index < -0.39 is 0 Å². The van der Waals surface area contributed by atoms with Gasteiger partial charge in [0.05, 0.1) is 0 Å². The molecule has 0 spiro atoms. The van der Waals surface area contributed by atoms with Crippen LogP contribution in [0.1, 0.15) is 49.1 Å². The highest BCUT2D eigenvalue weighted by molar-refractivity contribution is 5.77. The van der Waals surface area contributed by atoms with Gasteiger partial charge in [-0.15, -0.1) is 0 Å². The lowest BCUT2D eigenvalue weighted by Crippen LogP contribution is -2.30. The van der Waals surface area contributed by atoms with Crippen LogP contribution < -0.4 is 10.1 Å². The predicted molar refractivity (Wildman–Crippen MR) is 101 cm³/mol. The number of carbonyl (C=O) groups excluding carboxylic acids is 1. The molecule has 2 aromatic rings. The fourth-order valence-electron chi connectivity index (χ4n) is 3.47. The summed E-state index contributed by atoms with van der Waals surface area (Å²) in [6.07, 6.45) is 7.21. The lowest BCUT2D eigenvalue weighted by Gasteiger charge is -2.22. The number of halogens is 1. The molecule has 3 rings (SSSR count). The summed E-state index contributed by atoms with van der Waals surface area (Å²) in [7, 11) is 0. The fourth-order valence-corrected chi connectivity index (χ4v) is 3.47. The lowest BCUT2D eigenvalue weighted by molar-refractivity contribution is -0.123. The molecule has 1 amide bonds. The summed E-state index contributed by atoms with van der Waals surface area (Å²) in [5.74, 6) is 0.995. The molecule has 0 heterocycles. The molecule has 1 N–H and O–H groups in total. The predicted octanol–water partition coefficient (Wildman–Crippen LogP) is 4.61. The molecule has 0 aromatic heterocycles. The van der Waals surface area contributed by atoms with Gasteiger partial charge in [0.1, 0.15) is 11.6 Å². The Morgan fingerprint density at radius 3 is 2.38 bits per heavy atom. The van der Waals surface area contributed by atoms with Crippen LogP contribution >= 0.6 is 0 Å². The van der Waals surface area contributed by atoms with Crippen molar-refractivity contribution in [1.29, 1.82) is 0 Å². The Hall–Kier alpha value is -2.36. The van der Waals surface area contributed by atoms with Gasteiger partial charge in [-0.05, 0) is 60.6 Å². The van der Waals surface area contributed by atoms with Crippen LogP contribution in [0.3, 0.4) is 0 Å². The van der Waals surface area contributed by atoms with Crippen molar-refractivity contribution in [2.75, 3.05) is 13.2 Å². The molecule has 1 aliphatic carbocycles. The zero-order valence-corrected chi connectivity index (χ0v) is 15.0. The van der Waals surface area contributed by atoms with Gasteiger partial charge in [0, 0.05) is 6.54 Å². The van der Waals surface area contributed by atoms with Gasteiger partial charge < -0.3 is 10.1 Å². The Kier molecular flexibility index (Phi) is 6.64. The molecule has 0 bridgehead atoms. The number of benzene rings is 2. The molecule has 0 atom stereocenters. The van der Waals surface area contributed by atoms with Crippen molar-refractivity contribution in [2.45, 2.75) is 44.4 Å². The molecule has 3 nitrogen and oxygen atoms in total. The van der Waals surface area contributed by atoms with Crippen LogP contribution in [0.25, 0.3) is 0 Å². The third-order valence-electron chi connectivity index (χ3n) is 4.98. The fraction of sp³-hybridized carbons (Fsp3) is 0.409. The van der Waals surface area contributed by atoms with Gasteiger partial charge in [-0.3, -0.25) is 4.79 Å². The Bertz CT molecular complexity index is 691. The molecular formula is C22H26FNO2. The van der Waals surface area contributed by atoms with Crippen molar-refractivity contribution in [3.63, 3.8) is 0 Å². The summed E-state index contributed by atoms with van der Waals surface area (Å²) in [6, 6.07) is 14.5. The highest BCUT2D eigenvalue weighted by Gasteiger charge is 2.15. The van der Waals surface area contributed by atoms with Gasteiger partial charge in [-0.2, -0.15) is 0 Å². The maximum absolute atomic E-state index is 12.8. The SMILES string of the molecule is O=C(COc1ccc(C2CCCCC2)cc1)NCCc1ccc(F)cc1. The lowest BCUT2D eigenvalue weighted by atomic mass is 9.84. The first-order chi connectivity index (χ1) is 12.7. The number of amides is 1. The van der Waals surface area contributed by atoms with E-state index in [2.05, 4.69) is 17.4 Å². The van der Waals surface area contributed by atoms with Gasteiger partial charge in [0.2, 0.25) is 0 Å². The van der Waals surface area contributed by atoms with E-state index in [1.807, 2.05) is 12.1 Å². The molecule has 138 valence electrons. The Morgan fingerprint density at radius 1 is 1.00 bits per heavy atom. The topological polar surface area (TPSA) is 38.3 Å². The standard InChI is InChI=1S/C22H26FNO2/c23-20-10-6-17(7-11-20)14-15-24-22(25)16-26-21-12-8-19(9-13-21)18-4-2-1-3-5-18/h6-13,18H,1-5,14-16H2,(H,24,25). The highest BCUT2D eigenvalue weighted by atomic mass is 19.1. The van der Waals surface area contributed by atoms with Crippen LogP contribution in [-0.4, -0.2) is 19.1 Å². The quantitative estimate of drug-likeness (QED) is 0.787. The third kappa shape index (κ3) is 5.58. The summed E-state index contributed by atoms with van der Waals surface area (Å²) < 4.78 is 18.4. The summed E-state index contributed by atoms with van der Waals surface area (Å²) in [5, 5.41) is 2.82. The smallest absolute Gasteiger partial charge is 0.257 e. The number of rotatable bonds is 7. The van der Waals surface area contributed by atoms with Crippen molar-refractivity contribution in [3.05, 3.63) is 65.5 Å². The first kappa shape index (κ1) is 18.4. The minimum atomic E-state index is -0.249. The van der Waals surface area contributed by atoms with E-state index in [4.69, 9.17) is 4.74 Å². The minimum Gasteiger partial charge on any atom is -0.484 e. The van der Waals surface area contributed by atoms with Crippen LogP contribution in [0.15, 0.2) is 48.5 Å². The van der Waals surface area contributed by atoms with Crippen molar-refractivity contribution < 1.29 is 13.9 Å². The van der Waals surface area contributed by atoms with Gasteiger partial charge in [0.15, 0.2) is 6.61 Å². The Morgan fingerprint density at radius 2 is 1.69 bits per heavy atom. The van der Waals surface area contributed by atoms with Crippen molar-refractivity contribution in [1.82, 2.24) is 5.32 Å². The molecular weight excluding hydrogens is 329 g/mol. The van der Waals surface area contributed by atoms with E-state index in [1.165, 1.54) is 49.8 Å². The number of carbonyl (C=O) groups is 1. The van der Waals surface area contributed by atoms with E-state index in [1.54, 1.807) is 12.1 Å². The molecule has 0 saturated heterocycles. The average Bonchev–Trinajstić information content (AvgIpc) is 2.69. The molecule has 0 radical (unpaired) electrons. The maximum atomic E-state index is 12.8. The minimum absolute atomic E-state index is 0.00614. The molecule has 1 aliphatic rings. The normalized spacial score (nSPS) is 14.8. The van der Waals surface area contributed by atoms with Crippen molar-refractivity contribution in [2.24, 2.45) is 0 Å².